The molecule has 6 heteroatoms. The highest BCUT2D eigenvalue weighted by Crippen LogP contribution is 2.16. The number of ether oxygens (including phenoxy) is 3. The van der Waals surface area contributed by atoms with Gasteiger partial charge >= 0.3 is 17.9 Å². The number of esters is 3. The van der Waals surface area contributed by atoms with E-state index < -0.39 is 6.10 Å². The van der Waals surface area contributed by atoms with E-state index in [1.807, 2.05) is 24.3 Å². The van der Waals surface area contributed by atoms with Gasteiger partial charge in [-0.15, -0.1) is 0 Å². The topological polar surface area (TPSA) is 78.9 Å². The smallest absolute Gasteiger partial charge is 0.306 e. The summed E-state index contributed by atoms with van der Waals surface area (Å²) in [6.07, 6.45) is 66.2. The molecule has 0 radical (unpaired) electrons. The number of rotatable bonds is 50. The van der Waals surface area contributed by atoms with Crippen molar-refractivity contribution in [2.24, 2.45) is 0 Å². The summed E-state index contributed by atoms with van der Waals surface area (Å²) in [6.45, 7) is 6.56. The van der Waals surface area contributed by atoms with E-state index in [1.165, 1.54) is 154 Å². The van der Waals surface area contributed by atoms with Crippen molar-refractivity contribution in [3.8, 4) is 0 Å². The lowest BCUT2D eigenvalue weighted by atomic mass is 10.0. The zero-order valence-corrected chi connectivity index (χ0v) is 43.0. The molecule has 0 spiro atoms. The summed E-state index contributed by atoms with van der Waals surface area (Å²) in [5, 5.41) is 0. The van der Waals surface area contributed by atoms with Crippen LogP contribution in [0.3, 0.4) is 0 Å². The Kier molecular flexibility index (Phi) is 51.3. The monoisotopic (exact) mass is 909 g/mol. The molecule has 0 N–H and O–H groups in total. The van der Waals surface area contributed by atoms with Crippen LogP contribution in [-0.2, 0) is 28.6 Å². The first-order valence-electron chi connectivity index (χ1n) is 27.9. The van der Waals surface area contributed by atoms with Crippen LogP contribution in [0.1, 0.15) is 278 Å². The van der Waals surface area contributed by atoms with Crippen LogP contribution >= 0.6 is 0 Å². The Morgan fingerprint density at radius 2 is 0.585 bits per heavy atom. The summed E-state index contributed by atoms with van der Waals surface area (Å²) in [5.74, 6) is -0.892. The minimum Gasteiger partial charge on any atom is -0.462 e. The Balaban J connectivity index is 4.40. The molecule has 0 amide bonds. The van der Waals surface area contributed by atoms with Crippen LogP contribution in [-0.4, -0.2) is 37.2 Å². The van der Waals surface area contributed by atoms with Gasteiger partial charge in [0.25, 0.3) is 0 Å². The Hall–Kier alpha value is -2.89. The third kappa shape index (κ3) is 51.9. The van der Waals surface area contributed by atoms with E-state index in [9.17, 15) is 14.4 Å². The van der Waals surface area contributed by atoms with Crippen LogP contribution in [0.4, 0.5) is 0 Å². The molecule has 0 saturated heterocycles. The van der Waals surface area contributed by atoms with Gasteiger partial charge < -0.3 is 14.2 Å². The highest BCUT2D eigenvalue weighted by molar-refractivity contribution is 5.71. The lowest BCUT2D eigenvalue weighted by Crippen LogP contribution is -2.30. The fourth-order valence-electron chi connectivity index (χ4n) is 7.94. The molecule has 0 heterocycles. The molecule has 0 aromatic carbocycles. The maximum absolute atomic E-state index is 12.8. The summed E-state index contributed by atoms with van der Waals surface area (Å²) in [4.78, 5) is 38.1. The van der Waals surface area contributed by atoms with E-state index >= 15 is 0 Å². The fraction of sp³-hybridized carbons (Fsp3) is 0.780. The highest BCUT2D eigenvalue weighted by atomic mass is 16.6. The van der Waals surface area contributed by atoms with Crippen molar-refractivity contribution in [1.82, 2.24) is 0 Å². The van der Waals surface area contributed by atoms with Crippen LogP contribution in [0.15, 0.2) is 60.8 Å². The average Bonchev–Trinajstić information content (AvgIpc) is 3.30. The summed E-state index contributed by atoms with van der Waals surface area (Å²) in [6, 6.07) is 0. The minimum absolute atomic E-state index is 0.0788. The quantitative estimate of drug-likeness (QED) is 0.0262. The van der Waals surface area contributed by atoms with Gasteiger partial charge in [0.05, 0.1) is 0 Å². The number of allylic oxidation sites excluding steroid dienone is 10. The molecule has 0 aromatic heterocycles. The Labute approximate surface area is 402 Å². The molecule has 6 nitrogen and oxygen atoms in total. The Morgan fingerprint density at radius 3 is 0.923 bits per heavy atom. The SMILES string of the molecule is CCC\C=C/C=C\C=C/C=C\C=C/CCCCCCCC(=O)OCC(COC(=O)CCCCCCCCCCCCCCC)OC(=O)CCCCCCCCCCCCCCCCCC. The first-order chi connectivity index (χ1) is 32.0. The van der Waals surface area contributed by atoms with Crippen LogP contribution < -0.4 is 0 Å². The van der Waals surface area contributed by atoms with E-state index in [-0.39, 0.29) is 31.1 Å². The van der Waals surface area contributed by atoms with Gasteiger partial charge in [-0.05, 0) is 38.5 Å². The second-order valence-corrected chi connectivity index (χ2v) is 18.6. The second-order valence-electron chi connectivity index (χ2n) is 18.6. The van der Waals surface area contributed by atoms with E-state index in [4.69, 9.17) is 14.2 Å². The molecule has 0 aliphatic rings. The Bertz CT molecular complexity index is 1180. The van der Waals surface area contributed by atoms with Crippen molar-refractivity contribution >= 4 is 17.9 Å². The number of unbranched alkanes of at least 4 members (excludes halogenated alkanes) is 33. The molecule has 0 aromatic rings. The van der Waals surface area contributed by atoms with Gasteiger partial charge in [0, 0.05) is 19.3 Å². The van der Waals surface area contributed by atoms with E-state index in [0.717, 1.165) is 83.5 Å². The molecule has 0 aliphatic heterocycles. The third-order valence-corrected chi connectivity index (χ3v) is 12.1. The van der Waals surface area contributed by atoms with Crippen molar-refractivity contribution in [3.63, 3.8) is 0 Å². The largest absolute Gasteiger partial charge is 0.462 e. The van der Waals surface area contributed by atoms with Gasteiger partial charge in [-0.2, -0.15) is 0 Å². The molecule has 0 aliphatic carbocycles. The van der Waals surface area contributed by atoms with Crippen molar-refractivity contribution in [1.29, 1.82) is 0 Å². The van der Waals surface area contributed by atoms with Crippen molar-refractivity contribution < 1.29 is 28.6 Å². The second kappa shape index (κ2) is 53.7. The van der Waals surface area contributed by atoms with Gasteiger partial charge in [-0.25, -0.2) is 0 Å². The lowest BCUT2D eigenvalue weighted by Gasteiger charge is -2.18. The highest BCUT2D eigenvalue weighted by Gasteiger charge is 2.19. The first-order valence-corrected chi connectivity index (χ1v) is 27.9. The lowest BCUT2D eigenvalue weighted by molar-refractivity contribution is -0.167. The number of hydrogen-bond donors (Lipinski definition) is 0. The Morgan fingerprint density at radius 1 is 0.308 bits per heavy atom. The number of carbonyl (C=O) groups is 3. The van der Waals surface area contributed by atoms with Crippen LogP contribution in [0, 0.1) is 0 Å². The minimum atomic E-state index is -0.781. The summed E-state index contributed by atoms with van der Waals surface area (Å²) in [5.41, 5.74) is 0. The molecule has 1 unspecified atom stereocenters. The molecule has 0 rings (SSSR count). The summed E-state index contributed by atoms with van der Waals surface area (Å²) in [7, 11) is 0. The fourth-order valence-corrected chi connectivity index (χ4v) is 7.94. The van der Waals surface area contributed by atoms with Crippen molar-refractivity contribution in [2.75, 3.05) is 13.2 Å². The molecular formula is C59H104O6. The normalized spacial score (nSPS) is 12.5. The van der Waals surface area contributed by atoms with Gasteiger partial charge in [-0.1, -0.05) is 281 Å². The molecular weight excluding hydrogens is 805 g/mol. The van der Waals surface area contributed by atoms with Gasteiger partial charge in [0.15, 0.2) is 6.10 Å². The summed E-state index contributed by atoms with van der Waals surface area (Å²) >= 11 is 0. The number of hydrogen-bond acceptors (Lipinski definition) is 6. The van der Waals surface area contributed by atoms with Crippen molar-refractivity contribution in [3.05, 3.63) is 60.8 Å². The zero-order valence-electron chi connectivity index (χ0n) is 43.0. The predicted octanol–water partition coefficient (Wildman–Crippen LogP) is 18.4. The van der Waals surface area contributed by atoms with Gasteiger partial charge in [0.1, 0.15) is 13.2 Å². The third-order valence-electron chi connectivity index (χ3n) is 12.1. The van der Waals surface area contributed by atoms with Gasteiger partial charge in [-0.3, -0.25) is 14.4 Å². The molecule has 65 heavy (non-hydrogen) atoms. The summed E-state index contributed by atoms with van der Waals surface area (Å²) < 4.78 is 16.8. The molecule has 0 bridgehead atoms. The zero-order chi connectivity index (χ0) is 47.2. The maximum Gasteiger partial charge on any atom is 0.306 e. The van der Waals surface area contributed by atoms with E-state index in [2.05, 4.69) is 57.2 Å². The first kappa shape index (κ1) is 62.1. The average molecular weight is 909 g/mol. The van der Waals surface area contributed by atoms with E-state index in [0.29, 0.717) is 19.3 Å². The molecule has 0 saturated carbocycles. The molecule has 1 atom stereocenters. The molecule has 376 valence electrons. The van der Waals surface area contributed by atoms with E-state index in [1.54, 1.807) is 0 Å². The molecule has 0 fully saturated rings. The van der Waals surface area contributed by atoms with Gasteiger partial charge in [0.2, 0.25) is 0 Å². The number of carbonyl (C=O) groups excluding carboxylic acids is 3. The van der Waals surface area contributed by atoms with Crippen LogP contribution in [0.2, 0.25) is 0 Å². The standard InChI is InChI=1S/C59H104O6/c1-4-7-10-13-16-19-22-25-27-29-30-32-34-37-40-43-46-49-52-58(61)64-55-56(54-63-57(60)51-48-45-42-39-36-33-24-21-18-15-12-9-6-3)65-59(62)53-50-47-44-41-38-35-31-28-26-23-20-17-14-11-8-5-2/h10,13,16,19,22,25,27,29-30,32,56H,4-9,11-12,14-15,17-18,20-21,23-24,26,28,31,33-55H2,1-3H3/b13-10-,19-16-,25-22-,29-27-,32-30-. The maximum atomic E-state index is 12.8. The predicted molar refractivity (Wildman–Crippen MR) is 279 cm³/mol. The van der Waals surface area contributed by atoms with Crippen LogP contribution in [0.25, 0.3) is 0 Å². The van der Waals surface area contributed by atoms with Crippen molar-refractivity contribution in [2.45, 2.75) is 284 Å². The van der Waals surface area contributed by atoms with Crippen LogP contribution in [0.5, 0.6) is 0 Å².